The fourth-order valence-corrected chi connectivity index (χ4v) is 3.75. The number of pyridine rings is 1. The summed E-state index contributed by atoms with van der Waals surface area (Å²) in [5.74, 6) is 0.0908. The van der Waals surface area contributed by atoms with Crippen LogP contribution in [-0.4, -0.2) is 46.9 Å². The van der Waals surface area contributed by atoms with Gasteiger partial charge in [0, 0.05) is 44.1 Å². The van der Waals surface area contributed by atoms with Crippen LogP contribution < -0.4 is 0 Å². The average Bonchev–Trinajstić information content (AvgIpc) is 2.76. The van der Waals surface area contributed by atoms with Crippen molar-refractivity contribution >= 4 is 5.91 Å². The van der Waals surface area contributed by atoms with Crippen molar-refractivity contribution < 1.29 is 4.79 Å². The van der Waals surface area contributed by atoms with Crippen molar-refractivity contribution in [1.82, 2.24) is 14.8 Å². The van der Waals surface area contributed by atoms with E-state index in [-0.39, 0.29) is 11.9 Å². The van der Waals surface area contributed by atoms with Crippen LogP contribution in [-0.2, 0) is 0 Å². The summed E-state index contributed by atoms with van der Waals surface area (Å²) in [5.41, 5.74) is 3.29. The molecule has 0 N–H and O–H groups in total. The van der Waals surface area contributed by atoms with Crippen molar-refractivity contribution in [3.8, 4) is 0 Å². The van der Waals surface area contributed by atoms with E-state index in [1.165, 1.54) is 11.1 Å². The molecule has 1 fully saturated rings. The normalized spacial score (nSPS) is 15.1. The van der Waals surface area contributed by atoms with Crippen LogP contribution in [0, 0.1) is 0 Å². The molecule has 0 radical (unpaired) electrons. The third kappa shape index (κ3) is 3.91. The molecule has 2 heterocycles. The second-order valence-corrected chi connectivity index (χ2v) is 6.79. The highest BCUT2D eigenvalue weighted by Gasteiger charge is 2.28. The van der Waals surface area contributed by atoms with Crippen LogP contribution in [0.15, 0.2) is 85.2 Å². The number of hydrogen-bond acceptors (Lipinski definition) is 3. The van der Waals surface area contributed by atoms with Gasteiger partial charge in [-0.1, -0.05) is 60.7 Å². The molecule has 0 bridgehead atoms. The molecule has 1 aliphatic heterocycles. The molecule has 0 spiro atoms. The average molecular weight is 357 g/mol. The second-order valence-electron chi connectivity index (χ2n) is 6.79. The largest absolute Gasteiger partial charge is 0.336 e. The third-order valence-electron chi connectivity index (χ3n) is 5.12. The Bertz CT molecular complexity index is 820. The lowest BCUT2D eigenvalue weighted by atomic mass is 9.96. The van der Waals surface area contributed by atoms with E-state index in [0.717, 1.165) is 26.2 Å². The van der Waals surface area contributed by atoms with Gasteiger partial charge in [-0.25, -0.2) is 0 Å². The van der Waals surface area contributed by atoms with Crippen molar-refractivity contribution in [2.75, 3.05) is 26.2 Å². The maximum atomic E-state index is 12.7. The zero-order valence-corrected chi connectivity index (χ0v) is 15.2. The van der Waals surface area contributed by atoms with Gasteiger partial charge in [-0.15, -0.1) is 0 Å². The number of nitrogens with zero attached hydrogens (tertiary/aromatic N) is 3. The first kappa shape index (κ1) is 17.4. The van der Waals surface area contributed by atoms with Crippen LogP contribution in [0.4, 0.5) is 0 Å². The molecular weight excluding hydrogens is 334 g/mol. The molecule has 1 aliphatic rings. The van der Waals surface area contributed by atoms with Crippen LogP contribution in [0.2, 0.25) is 0 Å². The standard InChI is InChI=1S/C23H23N3O/c27-23(21-11-13-24-14-12-21)26-17-15-25(16-18-26)22(19-7-3-1-4-8-19)20-9-5-2-6-10-20/h1-14,22H,15-18H2. The molecule has 27 heavy (non-hydrogen) atoms. The first-order chi connectivity index (χ1) is 13.3. The highest BCUT2D eigenvalue weighted by molar-refractivity contribution is 5.94. The predicted octanol–water partition coefficient (Wildman–Crippen LogP) is 3.63. The molecule has 3 aromatic rings. The Kier molecular flexibility index (Phi) is 5.26. The highest BCUT2D eigenvalue weighted by atomic mass is 16.2. The molecular formula is C23H23N3O. The fourth-order valence-electron chi connectivity index (χ4n) is 3.75. The number of benzene rings is 2. The molecule has 0 aliphatic carbocycles. The summed E-state index contributed by atoms with van der Waals surface area (Å²) in [7, 11) is 0. The van der Waals surface area contributed by atoms with Gasteiger partial charge in [0.25, 0.3) is 5.91 Å². The van der Waals surface area contributed by atoms with E-state index in [2.05, 4.69) is 70.5 Å². The number of carbonyl (C=O) groups excluding carboxylic acids is 1. The maximum absolute atomic E-state index is 12.7. The van der Waals surface area contributed by atoms with Gasteiger partial charge < -0.3 is 4.90 Å². The lowest BCUT2D eigenvalue weighted by molar-refractivity contribution is 0.0597. The highest BCUT2D eigenvalue weighted by Crippen LogP contribution is 2.29. The Labute approximate surface area is 160 Å². The van der Waals surface area contributed by atoms with Crippen LogP contribution in [0.5, 0.6) is 0 Å². The fraction of sp³-hybridized carbons (Fsp3) is 0.217. The minimum Gasteiger partial charge on any atom is -0.336 e. The molecule has 1 aromatic heterocycles. The van der Waals surface area contributed by atoms with E-state index in [1.807, 2.05) is 4.90 Å². The lowest BCUT2D eigenvalue weighted by Gasteiger charge is -2.39. The van der Waals surface area contributed by atoms with Crippen LogP contribution >= 0.6 is 0 Å². The Morgan fingerprint density at radius 2 is 1.26 bits per heavy atom. The van der Waals surface area contributed by atoms with Gasteiger partial charge in [0.05, 0.1) is 6.04 Å². The Hall–Kier alpha value is -2.98. The van der Waals surface area contributed by atoms with Crippen LogP contribution in [0.3, 0.4) is 0 Å². The van der Waals surface area contributed by atoms with Crippen molar-refractivity contribution in [1.29, 1.82) is 0 Å². The molecule has 0 saturated carbocycles. The van der Waals surface area contributed by atoms with E-state index in [0.29, 0.717) is 5.56 Å². The van der Waals surface area contributed by atoms with Gasteiger partial charge in [-0.2, -0.15) is 0 Å². The smallest absolute Gasteiger partial charge is 0.254 e. The molecule has 4 nitrogen and oxygen atoms in total. The molecule has 1 saturated heterocycles. The van der Waals surface area contributed by atoms with Crippen LogP contribution in [0.25, 0.3) is 0 Å². The summed E-state index contributed by atoms with van der Waals surface area (Å²) in [5, 5.41) is 0. The van der Waals surface area contributed by atoms with E-state index >= 15 is 0 Å². The Balaban J connectivity index is 1.51. The van der Waals surface area contributed by atoms with Gasteiger partial charge in [-0.3, -0.25) is 14.7 Å². The maximum Gasteiger partial charge on any atom is 0.254 e. The number of hydrogen-bond donors (Lipinski definition) is 0. The van der Waals surface area contributed by atoms with Crippen molar-refractivity contribution in [2.45, 2.75) is 6.04 Å². The minimum atomic E-state index is 0.0908. The zero-order valence-electron chi connectivity index (χ0n) is 15.2. The number of carbonyl (C=O) groups is 1. The molecule has 0 atom stereocenters. The molecule has 0 unspecified atom stereocenters. The number of piperazine rings is 1. The lowest BCUT2D eigenvalue weighted by Crippen LogP contribution is -2.49. The topological polar surface area (TPSA) is 36.4 Å². The molecule has 1 amide bonds. The quantitative estimate of drug-likeness (QED) is 0.715. The Morgan fingerprint density at radius 1 is 0.741 bits per heavy atom. The summed E-state index contributed by atoms with van der Waals surface area (Å²) in [6.07, 6.45) is 3.34. The summed E-state index contributed by atoms with van der Waals surface area (Å²) < 4.78 is 0. The summed E-state index contributed by atoms with van der Waals surface area (Å²) in [6.45, 7) is 3.17. The molecule has 4 heteroatoms. The number of aromatic nitrogens is 1. The predicted molar refractivity (Wildman–Crippen MR) is 106 cm³/mol. The SMILES string of the molecule is O=C(c1ccncc1)N1CCN(C(c2ccccc2)c2ccccc2)CC1. The Morgan fingerprint density at radius 3 is 1.78 bits per heavy atom. The summed E-state index contributed by atoms with van der Waals surface area (Å²) in [6, 6.07) is 25.0. The first-order valence-corrected chi connectivity index (χ1v) is 9.36. The minimum absolute atomic E-state index is 0.0908. The van der Waals surface area contributed by atoms with E-state index in [4.69, 9.17) is 0 Å². The van der Waals surface area contributed by atoms with E-state index in [9.17, 15) is 4.79 Å². The van der Waals surface area contributed by atoms with Gasteiger partial charge in [0.2, 0.25) is 0 Å². The monoisotopic (exact) mass is 357 g/mol. The van der Waals surface area contributed by atoms with E-state index < -0.39 is 0 Å². The molecule has 4 rings (SSSR count). The van der Waals surface area contributed by atoms with Gasteiger partial charge in [-0.05, 0) is 23.3 Å². The number of amides is 1. The van der Waals surface area contributed by atoms with Gasteiger partial charge in [0.15, 0.2) is 0 Å². The van der Waals surface area contributed by atoms with Crippen LogP contribution in [0.1, 0.15) is 27.5 Å². The van der Waals surface area contributed by atoms with Gasteiger partial charge >= 0.3 is 0 Å². The summed E-state index contributed by atoms with van der Waals surface area (Å²) >= 11 is 0. The second kappa shape index (κ2) is 8.14. The van der Waals surface area contributed by atoms with Crippen molar-refractivity contribution in [3.05, 3.63) is 102 Å². The molecule has 2 aromatic carbocycles. The number of rotatable bonds is 4. The van der Waals surface area contributed by atoms with E-state index in [1.54, 1.807) is 24.5 Å². The van der Waals surface area contributed by atoms with Crippen molar-refractivity contribution in [2.24, 2.45) is 0 Å². The molecule has 136 valence electrons. The van der Waals surface area contributed by atoms with Gasteiger partial charge in [0.1, 0.15) is 0 Å². The zero-order chi connectivity index (χ0) is 18.5. The van der Waals surface area contributed by atoms with Crippen molar-refractivity contribution in [3.63, 3.8) is 0 Å². The first-order valence-electron chi connectivity index (χ1n) is 9.36. The summed E-state index contributed by atoms with van der Waals surface area (Å²) in [4.78, 5) is 21.1. The third-order valence-corrected chi connectivity index (χ3v) is 5.12.